The van der Waals surface area contributed by atoms with Crippen LogP contribution in [0.2, 0.25) is 0 Å². The van der Waals surface area contributed by atoms with Gasteiger partial charge in [0, 0.05) is 38.1 Å². The van der Waals surface area contributed by atoms with Gasteiger partial charge in [-0.3, -0.25) is 9.79 Å². The molecule has 1 amide bonds. The van der Waals surface area contributed by atoms with Gasteiger partial charge in [0.25, 0.3) is 5.91 Å². The van der Waals surface area contributed by atoms with Crippen molar-refractivity contribution in [2.45, 2.75) is 26.8 Å². The molecule has 0 fully saturated rings. The number of furan rings is 1. The van der Waals surface area contributed by atoms with Gasteiger partial charge in [-0.25, -0.2) is 4.98 Å². The normalized spacial score (nSPS) is 11.4. The fourth-order valence-corrected chi connectivity index (χ4v) is 2.96. The number of carbonyl (C=O) groups is 1. The number of aryl methyl sites for hydroxylation is 2. The fourth-order valence-electron chi connectivity index (χ4n) is 2.36. The Morgan fingerprint density at radius 2 is 2.12 bits per heavy atom. The van der Waals surface area contributed by atoms with Gasteiger partial charge in [0.05, 0.1) is 23.5 Å². The number of hydrogen-bond acceptors (Lipinski definition) is 5. The number of nitrogens with one attached hydrogen (secondary N) is 2. The van der Waals surface area contributed by atoms with Crippen LogP contribution in [0.4, 0.5) is 0 Å². The van der Waals surface area contributed by atoms with Crippen LogP contribution in [0.5, 0.6) is 0 Å². The van der Waals surface area contributed by atoms with Crippen molar-refractivity contribution in [1.29, 1.82) is 0 Å². The van der Waals surface area contributed by atoms with Crippen molar-refractivity contribution in [3.05, 3.63) is 39.7 Å². The number of amides is 1. The first-order chi connectivity index (χ1) is 12.0. The van der Waals surface area contributed by atoms with Gasteiger partial charge in [-0.15, -0.1) is 11.3 Å². The second kappa shape index (κ2) is 9.22. The summed E-state index contributed by atoms with van der Waals surface area (Å²) >= 11 is 1.65. The maximum absolute atomic E-state index is 11.9. The van der Waals surface area contributed by atoms with Gasteiger partial charge in [-0.2, -0.15) is 0 Å². The molecule has 136 valence electrons. The lowest BCUT2D eigenvalue weighted by Gasteiger charge is -2.21. The first-order valence-electron chi connectivity index (χ1n) is 8.16. The summed E-state index contributed by atoms with van der Waals surface area (Å²) in [4.78, 5) is 22.7. The predicted molar refractivity (Wildman–Crippen MR) is 100 cm³/mol. The van der Waals surface area contributed by atoms with E-state index < -0.39 is 0 Å². The van der Waals surface area contributed by atoms with Crippen molar-refractivity contribution < 1.29 is 9.21 Å². The highest BCUT2D eigenvalue weighted by Crippen LogP contribution is 2.10. The van der Waals surface area contributed by atoms with Crippen LogP contribution in [-0.4, -0.2) is 48.9 Å². The number of aliphatic imine (C=N–C) groups is 1. The third-order valence-electron chi connectivity index (χ3n) is 3.63. The Morgan fingerprint density at radius 3 is 2.72 bits per heavy atom. The number of thiazole rings is 1. The molecule has 0 spiro atoms. The van der Waals surface area contributed by atoms with Gasteiger partial charge in [-0.05, 0) is 26.3 Å². The number of carbonyl (C=O) groups excluding carboxylic acids is 1. The number of hydrogen-bond donors (Lipinski definition) is 2. The van der Waals surface area contributed by atoms with Gasteiger partial charge in [-0.1, -0.05) is 0 Å². The molecule has 0 aliphatic rings. The molecule has 2 aromatic rings. The lowest BCUT2D eigenvalue weighted by atomic mass is 10.2. The summed E-state index contributed by atoms with van der Waals surface area (Å²) in [6.45, 7) is 5.84. The zero-order valence-electron chi connectivity index (χ0n) is 15.1. The highest BCUT2D eigenvalue weighted by atomic mass is 32.1. The molecule has 2 heterocycles. The van der Waals surface area contributed by atoms with Gasteiger partial charge < -0.3 is 20.0 Å². The number of guanidine groups is 1. The van der Waals surface area contributed by atoms with Crippen LogP contribution in [0, 0.1) is 13.8 Å². The fraction of sp³-hybridized carbons (Fsp3) is 0.471. The Bertz CT molecular complexity index is 722. The van der Waals surface area contributed by atoms with Crippen LogP contribution in [0.3, 0.4) is 0 Å². The standard InChI is InChI=1S/C17H25N5O2S/c1-12-6-9-24-15(12)16(23)19-7-5-8-20-17(18-3)22(4)10-14-11-25-13(2)21-14/h6,9,11H,5,7-8,10H2,1-4H3,(H,18,20)(H,19,23). The molecule has 0 atom stereocenters. The summed E-state index contributed by atoms with van der Waals surface area (Å²) in [5, 5.41) is 9.27. The van der Waals surface area contributed by atoms with Crippen molar-refractivity contribution in [3.8, 4) is 0 Å². The van der Waals surface area contributed by atoms with Gasteiger partial charge >= 0.3 is 0 Å². The molecule has 7 nitrogen and oxygen atoms in total. The second-order valence-corrected chi connectivity index (χ2v) is 6.79. The highest BCUT2D eigenvalue weighted by Gasteiger charge is 2.12. The molecule has 0 radical (unpaired) electrons. The van der Waals surface area contributed by atoms with Crippen molar-refractivity contribution in [1.82, 2.24) is 20.5 Å². The van der Waals surface area contributed by atoms with E-state index in [1.165, 1.54) is 6.26 Å². The third kappa shape index (κ3) is 5.60. The predicted octanol–water partition coefficient (Wildman–Crippen LogP) is 2.18. The van der Waals surface area contributed by atoms with E-state index >= 15 is 0 Å². The van der Waals surface area contributed by atoms with Crippen molar-refractivity contribution >= 4 is 23.2 Å². The monoisotopic (exact) mass is 363 g/mol. The largest absolute Gasteiger partial charge is 0.459 e. The Hall–Kier alpha value is -2.35. The van der Waals surface area contributed by atoms with E-state index in [9.17, 15) is 4.79 Å². The average molecular weight is 363 g/mol. The van der Waals surface area contributed by atoms with Crippen LogP contribution in [-0.2, 0) is 6.54 Å². The first kappa shape index (κ1) is 19.0. The molecule has 0 unspecified atom stereocenters. The molecule has 0 saturated carbocycles. The Kier molecular flexibility index (Phi) is 7.00. The summed E-state index contributed by atoms with van der Waals surface area (Å²) < 4.78 is 5.17. The molecule has 0 bridgehead atoms. The molecule has 0 aliphatic heterocycles. The van der Waals surface area contributed by atoms with Gasteiger partial charge in [0.1, 0.15) is 0 Å². The Labute approximate surface area is 152 Å². The SMILES string of the molecule is CN=C(NCCCNC(=O)c1occc1C)N(C)Cc1csc(C)n1. The summed E-state index contributed by atoms with van der Waals surface area (Å²) in [7, 11) is 3.73. The zero-order chi connectivity index (χ0) is 18.2. The first-order valence-corrected chi connectivity index (χ1v) is 9.04. The minimum atomic E-state index is -0.178. The molecule has 2 N–H and O–H groups in total. The van der Waals surface area contributed by atoms with E-state index in [2.05, 4.69) is 26.0 Å². The summed E-state index contributed by atoms with van der Waals surface area (Å²) in [6.07, 6.45) is 2.31. The zero-order valence-corrected chi connectivity index (χ0v) is 15.9. The molecule has 0 aromatic carbocycles. The Morgan fingerprint density at radius 1 is 1.36 bits per heavy atom. The van der Waals surface area contributed by atoms with E-state index in [4.69, 9.17) is 4.42 Å². The van der Waals surface area contributed by atoms with Gasteiger partial charge in [0.2, 0.25) is 0 Å². The smallest absolute Gasteiger partial charge is 0.287 e. The van der Waals surface area contributed by atoms with Crippen LogP contribution in [0.1, 0.15) is 33.2 Å². The quantitative estimate of drug-likeness (QED) is 0.448. The number of rotatable bonds is 7. The minimum Gasteiger partial charge on any atom is -0.459 e. The molecule has 2 aromatic heterocycles. The minimum absolute atomic E-state index is 0.178. The Balaban J connectivity index is 1.68. The second-order valence-electron chi connectivity index (χ2n) is 5.73. The molecular formula is C17H25N5O2S. The van der Waals surface area contributed by atoms with Crippen molar-refractivity contribution in [2.24, 2.45) is 4.99 Å². The molecule has 8 heteroatoms. The highest BCUT2D eigenvalue weighted by molar-refractivity contribution is 7.09. The van der Waals surface area contributed by atoms with Crippen molar-refractivity contribution in [3.63, 3.8) is 0 Å². The van der Waals surface area contributed by atoms with Crippen LogP contribution < -0.4 is 10.6 Å². The lowest BCUT2D eigenvalue weighted by molar-refractivity contribution is 0.0925. The van der Waals surface area contributed by atoms with E-state index in [-0.39, 0.29) is 5.91 Å². The summed E-state index contributed by atoms with van der Waals surface area (Å²) in [5.41, 5.74) is 1.88. The molecule has 25 heavy (non-hydrogen) atoms. The number of nitrogens with zero attached hydrogens (tertiary/aromatic N) is 3. The molecule has 0 aliphatic carbocycles. The lowest BCUT2D eigenvalue weighted by Crippen LogP contribution is -2.39. The number of aromatic nitrogens is 1. The molecule has 0 saturated heterocycles. The van der Waals surface area contributed by atoms with Crippen LogP contribution >= 0.6 is 11.3 Å². The topological polar surface area (TPSA) is 82.8 Å². The van der Waals surface area contributed by atoms with E-state index in [0.29, 0.717) is 25.4 Å². The summed E-state index contributed by atoms with van der Waals surface area (Å²) in [6, 6.07) is 1.78. The van der Waals surface area contributed by atoms with E-state index in [1.54, 1.807) is 24.5 Å². The maximum Gasteiger partial charge on any atom is 0.287 e. The summed E-state index contributed by atoms with van der Waals surface area (Å²) in [5.74, 6) is 1.00. The van der Waals surface area contributed by atoms with Crippen molar-refractivity contribution in [2.75, 3.05) is 27.2 Å². The van der Waals surface area contributed by atoms with E-state index in [0.717, 1.165) is 28.6 Å². The van der Waals surface area contributed by atoms with Crippen LogP contribution in [0.25, 0.3) is 0 Å². The van der Waals surface area contributed by atoms with Gasteiger partial charge in [0.15, 0.2) is 11.7 Å². The van der Waals surface area contributed by atoms with E-state index in [1.807, 2.05) is 25.8 Å². The molecular weight excluding hydrogens is 338 g/mol. The van der Waals surface area contributed by atoms with Crippen LogP contribution in [0.15, 0.2) is 27.1 Å². The third-order valence-corrected chi connectivity index (χ3v) is 4.45. The average Bonchev–Trinajstić information content (AvgIpc) is 3.18. The maximum atomic E-state index is 11.9. The molecule has 2 rings (SSSR count).